The monoisotopic (exact) mass is 292 g/mol. The van der Waals surface area contributed by atoms with Crippen LogP contribution in [0.4, 0.5) is 18.9 Å². The lowest BCUT2D eigenvalue weighted by Crippen LogP contribution is -2.09. The van der Waals surface area contributed by atoms with Crippen LogP contribution in [-0.4, -0.2) is 5.11 Å². The van der Waals surface area contributed by atoms with Crippen LogP contribution in [0.15, 0.2) is 42.5 Å². The molecule has 0 unspecified atom stereocenters. The molecule has 0 saturated heterocycles. The number of halogens is 3. The average Bonchev–Trinajstić information content (AvgIpc) is 2.45. The van der Waals surface area contributed by atoms with E-state index in [0.29, 0.717) is 5.56 Å². The zero-order chi connectivity index (χ0) is 15.5. The zero-order valence-corrected chi connectivity index (χ0v) is 10.8. The van der Waals surface area contributed by atoms with Gasteiger partial charge in [0.1, 0.15) is 5.75 Å². The first-order valence-electron chi connectivity index (χ1n) is 6.04. The van der Waals surface area contributed by atoms with Gasteiger partial charge in [-0.05, 0) is 24.3 Å². The molecule has 0 saturated carbocycles. The van der Waals surface area contributed by atoms with Crippen LogP contribution in [0.2, 0.25) is 0 Å². The molecule has 0 spiro atoms. The van der Waals surface area contributed by atoms with Crippen molar-refractivity contribution in [3.63, 3.8) is 0 Å². The molecule has 0 bridgehead atoms. The van der Waals surface area contributed by atoms with Crippen LogP contribution in [0.3, 0.4) is 0 Å². The Morgan fingerprint density at radius 3 is 2.48 bits per heavy atom. The zero-order valence-electron chi connectivity index (χ0n) is 10.8. The van der Waals surface area contributed by atoms with Crippen LogP contribution in [0.25, 0.3) is 0 Å². The minimum atomic E-state index is -4.59. The molecular weight excluding hydrogens is 281 g/mol. The first-order chi connectivity index (χ1) is 9.91. The van der Waals surface area contributed by atoms with Gasteiger partial charge in [-0.1, -0.05) is 18.2 Å². The molecule has 0 fully saturated rings. The molecule has 2 rings (SSSR count). The Balaban J connectivity index is 2.23. The van der Waals surface area contributed by atoms with Crippen molar-refractivity contribution in [3.8, 4) is 11.8 Å². The number of nitrogens with one attached hydrogen (secondary N) is 1. The van der Waals surface area contributed by atoms with Crippen LogP contribution in [0.1, 0.15) is 16.7 Å². The Labute approximate surface area is 119 Å². The lowest BCUT2D eigenvalue weighted by molar-refractivity contribution is -0.137. The molecule has 0 aromatic heterocycles. The molecule has 6 heteroatoms. The highest BCUT2D eigenvalue weighted by Crippen LogP contribution is 2.33. The summed E-state index contributed by atoms with van der Waals surface area (Å²) >= 11 is 0. The number of rotatable bonds is 3. The number of nitrogens with zero attached hydrogens (tertiary/aromatic N) is 1. The standard InChI is InChI=1S/C15H11F3N2O/c16-15(17,18)13-7-12(6-5-10(13)8-19)20-9-11-3-1-2-4-14(11)21/h1-7,20-21H,9H2. The number of alkyl halides is 3. The van der Waals surface area contributed by atoms with Gasteiger partial charge < -0.3 is 10.4 Å². The summed E-state index contributed by atoms with van der Waals surface area (Å²) in [5, 5.41) is 21.1. The van der Waals surface area contributed by atoms with E-state index in [1.165, 1.54) is 18.2 Å². The summed E-state index contributed by atoms with van der Waals surface area (Å²) in [5.41, 5.74) is -0.608. The summed E-state index contributed by atoms with van der Waals surface area (Å²) in [6.07, 6.45) is -4.59. The molecule has 0 amide bonds. The van der Waals surface area contributed by atoms with Gasteiger partial charge in [0.05, 0.1) is 17.2 Å². The highest BCUT2D eigenvalue weighted by Gasteiger charge is 2.33. The maximum atomic E-state index is 12.8. The molecule has 0 heterocycles. The third-order valence-electron chi connectivity index (χ3n) is 2.92. The Morgan fingerprint density at radius 1 is 1.14 bits per heavy atom. The van der Waals surface area contributed by atoms with Crippen molar-refractivity contribution in [1.29, 1.82) is 5.26 Å². The quantitative estimate of drug-likeness (QED) is 0.902. The fourth-order valence-electron chi connectivity index (χ4n) is 1.84. The van der Waals surface area contributed by atoms with E-state index in [9.17, 15) is 18.3 Å². The number of aromatic hydroxyl groups is 1. The van der Waals surface area contributed by atoms with E-state index in [4.69, 9.17) is 5.26 Å². The smallest absolute Gasteiger partial charge is 0.417 e. The minimum absolute atomic E-state index is 0.0645. The molecule has 21 heavy (non-hydrogen) atoms. The maximum absolute atomic E-state index is 12.8. The van der Waals surface area contributed by atoms with Crippen molar-refractivity contribution < 1.29 is 18.3 Å². The second-order valence-corrected chi connectivity index (χ2v) is 4.35. The van der Waals surface area contributed by atoms with E-state index in [1.807, 2.05) is 0 Å². The predicted molar refractivity (Wildman–Crippen MR) is 71.6 cm³/mol. The first kappa shape index (κ1) is 14.7. The lowest BCUT2D eigenvalue weighted by atomic mass is 10.1. The normalized spacial score (nSPS) is 11.0. The Bertz CT molecular complexity index is 690. The number of para-hydroxylation sites is 1. The summed E-state index contributed by atoms with van der Waals surface area (Å²) in [6, 6.07) is 11.5. The second-order valence-electron chi connectivity index (χ2n) is 4.35. The Kier molecular flexibility index (Phi) is 4.03. The fraction of sp³-hybridized carbons (Fsp3) is 0.133. The third-order valence-corrected chi connectivity index (χ3v) is 2.92. The van der Waals surface area contributed by atoms with Crippen LogP contribution < -0.4 is 5.32 Å². The fourth-order valence-corrected chi connectivity index (χ4v) is 1.84. The van der Waals surface area contributed by atoms with Gasteiger partial charge in [-0.2, -0.15) is 18.4 Å². The largest absolute Gasteiger partial charge is 0.508 e. The van der Waals surface area contributed by atoms with E-state index in [2.05, 4.69) is 5.32 Å². The summed E-state index contributed by atoms with van der Waals surface area (Å²) in [6.45, 7) is 0.176. The van der Waals surface area contributed by atoms with E-state index in [1.54, 1.807) is 18.2 Å². The Hall–Kier alpha value is -2.68. The van der Waals surface area contributed by atoms with E-state index < -0.39 is 17.3 Å². The average molecular weight is 292 g/mol. The van der Waals surface area contributed by atoms with Crippen molar-refractivity contribution in [2.24, 2.45) is 0 Å². The maximum Gasteiger partial charge on any atom is 0.417 e. The van der Waals surface area contributed by atoms with Gasteiger partial charge in [0.25, 0.3) is 0 Å². The number of benzene rings is 2. The van der Waals surface area contributed by atoms with Gasteiger partial charge in [0.15, 0.2) is 0 Å². The predicted octanol–water partition coefficient (Wildman–Crippen LogP) is 3.89. The SMILES string of the molecule is N#Cc1ccc(NCc2ccccc2O)cc1C(F)(F)F. The number of phenolic OH excluding ortho intramolecular Hbond substituents is 1. The molecule has 2 aromatic carbocycles. The molecule has 2 aromatic rings. The molecule has 0 aliphatic heterocycles. The molecule has 2 N–H and O–H groups in total. The van der Waals surface area contributed by atoms with Gasteiger partial charge in [-0.25, -0.2) is 0 Å². The highest BCUT2D eigenvalue weighted by molar-refractivity contribution is 5.53. The molecule has 108 valence electrons. The molecular formula is C15H11F3N2O. The summed E-state index contributed by atoms with van der Waals surface area (Å²) in [5.74, 6) is 0.0645. The van der Waals surface area contributed by atoms with Crippen molar-refractivity contribution >= 4 is 5.69 Å². The van der Waals surface area contributed by atoms with Gasteiger partial charge in [0, 0.05) is 17.8 Å². The molecule has 0 aliphatic rings. The topological polar surface area (TPSA) is 56.0 Å². The number of anilines is 1. The number of nitriles is 1. The lowest BCUT2D eigenvalue weighted by Gasteiger charge is -2.12. The number of hydrogen-bond donors (Lipinski definition) is 2. The number of phenols is 1. The summed E-state index contributed by atoms with van der Waals surface area (Å²) < 4.78 is 38.5. The van der Waals surface area contributed by atoms with E-state index in [-0.39, 0.29) is 18.0 Å². The third kappa shape index (κ3) is 3.45. The van der Waals surface area contributed by atoms with Crippen LogP contribution in [0, 0.1) is 11.3 Å². The second kappa shape index (κ2) is 5.75. The van der Waals surface area contributed by atoms with Crippen molar-refractivity contribution in [1.82, 2.24) is 0 Å². The van der Waals surface area contributed by atoms with Crippen molar-refractivity contribution in [2.75, 3.05) is 5.32 Å². The van der Waals surface area contributed by atoms with Gasteiger partial charge in [-0.15, -0.1) is 0 Å². The highest BCUT2D eigenvalue weighted by atomic mass is 19.4. The van der Waals surface area contributed by atoms with Crippen LogP contribution >= 0.6 is 0 Å². The Morgan fingerprint density at radius 2 is 1.86 bits per heavy atom. The summed E-state index contributed by atoms with van der Waals surface area (Å²) in [4.78, 5) is 0. The van der Waals surface area contributed by atoms with Crippen LogP contribution in [-0.2, 0) is 12.7 Å². The number of hydrogen-bond acceptors (Lipinski definition) is 3. The van der Waals surface area contributed by atoms with Crippen molar-refractivity contribution in [3.05, 3.63) is 59.2 Å². The van der Waals surface area contributed by atoms with Gasteiger partial charge in [-0.3, -0.25) is 0 Å². The van der Waals surface area contributed by atoms with E-state index in [0.717, 1.165) is 12.1 Å². The molecule has 0 atom stereocenters. The molecule has 3 nitrogen and oxygen atoms in total. The van der Waals surface area contributed by atoms with E-state index >= 15 is 0 Å². The minimum Gasteiger partial charge on any atom is -0.508 e. The molecule has 0 radical (unpaired) electrons. The van der Waals surface area contributed by atoms with Crippen LogP contribution in [0.5, 0.6) is 5.75 Å². The van der Waals surface area contributed by atoms with Gasteiger partial charge in [0.2, 0.25) is 0 Å². The molecule has 0 aliphatic carbocycles. The van der Waals surface area contributed by atoms with Gasteiger partial charge >= 0.3 is 6.18 Å². The first-order valence-corrected chi connectivity index (χ1v) is 6.04. The van der Waals surface area contributed by atoms with Crippen molar-refractivity contribution in [2.45, 2.75) is 12.7 Å². The summed E-state index contributed by atoms with van der Waals surface area (Å²) in [7, 11) is 0.